The van der Waals surface area contributed by atoms with Crippen molar-refractivity contribution in [1.29, 1.82) is 0 Å². The van der Waals surface area contributed by atoms with E-state index in [1.54, 1.807) is 0 Å². The first-order valence-corrected chi connectivity index (χ1v) is 8.11. The van der Waals surface area contributed by atoms with Crippen LogP contribution in [0.3, 0.4) is 0 Å². The van der Waals surface area contributed by atoms with Crippen molar-refractivity contribution in [2.45, 2.75) is 25.7 Å². The van der Waals surface area contributed by atoms with Crippen LogP contribution in [0.5, 0.6) is 5.75 Å². The van der Waals surface area contributed by atoms with Gasteiger partial charge in [0, 0.05) is 0 Å². The molecule has 9 heteroatoms. The maximum atomic E-state index is 12.9. The molecular formula is C18H20FN3O5. The van der Waals surface area contributed by atoms with Crippen molar-refractivity contribution < 1.29 is 14.2 Å². The highest BCUT2D eigenvalue weighted by molar-refractivity contribution is 5.22. The van der Waals surface area contributed by atoms with E-state index in [4.69, 9.17) is 4.74 Å². The highest BCUT2D eigenvalue weighted by atomic mass is 19.1. The van der Waals surface area contributed by atoms with E-state index < -0.39 is 29.0 Å². The maximum absolute atomic E-state index is 12.9. The second-order valence-electron chi connectivity index (χ2n) is 5.68. The van der Waals surface area contributed by atoms with Gasteiger partial charge in [-0.3, -0.25) is 0 Å². The highest BCUT2D eigenvalue weighted by Gasteiger charge is 2.17. The average molecular weight is 377 g/mol. The molecule has 144 valence electrons. The normalized spacial score (nSPS) is 11.8. The van der Waals surface area contributed by atoms with Gasteiger partial charge in [0.1, 0.15) is 24.3 Å². The van der Waals surface area contributed by atoms with Gasteiger partial charge in [-0.05, 0) is 24.3 Å². The molecule has 0 spiro atoms. The molecule has 0 fully saturated rings. The Balaban J connectivity index is 2.28. The molecule has 2 rings (SSSR count). The molecule has 0 aliphatic carbocycles. The third kappa shape index (κ3) is 4.70. The minimum atomic E-state index is -1.22. The number of halogens is 1. The van der Waals surface area contributed by atoms with Gasteiger partial charge in [0.25, 0.3) is 0 Å². The molecule has 8 nitrogen and oxygen atoms in total. The summed E-state index contributed by atoms with van der Waals surface area (Å²) < 4.78 is 20.6. The number of aliphatic hydroxyl groups excluding tert-OH is 1. The van der Waals surface area contributed by atoms with Gasteiger partial charge in [0.05, 0.1) is 19.6 Å². The molecule has 1 aromatic carbocycles. The van der Waals surface area contributed by atoms with Crippen LogP contribution in [0.1, 0.15) is 0 Å². The Kier molecular flexibility index (Phi) is 6.67. The van der Waals surface area contributed by atoms with Crippen LogP contribution in [0.15, 0.2) is 64.0 Å². The molecule has 1 aromatic heterocycles. The lowest BCUT2D eigenvalue weighted by Gasteiger charge is -2.16. The number of hydrogen-bond donors (Lipinski definition) is 1. The monoisotopic (exact) mass is 377 g/mol. The third-order valence-electron chi connectivity index (χ3n) is 3.66. The zero-order valence-corrected chi connectivity index (χ0v) is 14.6. The van der Waals surface area contributed by atoms with Gasteiger partial charge in [0.15, 0.2) is 0 Å². The van der Waals surface area contributed by atoms with Crippen molar-refractivity contribution in [3.63, 3.8) is 0 Å². The Labute approximate surface area is 153 Å². The van der Waals surface area contributed by atoms with Gasteiger partial charge in [-0.25, -0.2) is 32.5 Å². The molecule has 0 aliphatic heterocycles. The molecule has 0 amide bonds. The quantitative estimate of drug-likeness (QED) is 0.627. The molecular weight excluding hydrogens is 357 g/mol. The van der Waals surface area contributed by atoms with E-state index in [1.165, 1.54) is 36.4 Å². The molecule has 2 aromatic rings. The molecule has 1 N–H and O–H groups in total. The zero-order chi connectivity index (χ0) is 20.0. The fourth-order valence-electron chi connectivity index (χ4n) is 2.40. The van der Waals surface area contributed by atoms with E-state index in [-0.39, 0.29) is 26.2 Å². The number of rotatable bonds is 9. The van der Waals surface area contributed by atoms with Crippen LogP contribution in [-0.2, 0) is 19.6 Å². The minimum absolute atomic E-state index is 0.0860. The number of aliphatic hydroxyl groups is 1. The Bertz CT molecular complexity index is 940. The third-order valence-corrected chi connectivity index (χ3v) is 3.66. The first-order chi connectivity index (χ1) is 12.9. The minimum Gasteiger partial charge on any atom is -0.491 e. The molecule has 0 saturated carbocycles. The van der Waals surface area contributed by atoms with Gasteiger partial charge in [0.2, 0.25) is 0 Å². The maximum Gasteiger partial charge on any atom is 0.336 e. The fourth-order valence-corrected chi connectivity index (χ4v) is 2.40. The van der Waals surface area contributed by atoms with E-state index in [0.29, 0.717) is 5.75 Å². The van der Waals surface area contributed by atoms with Crippen molar-refractivity contribution in [2.24, 2.45) is 0 Å². The molecule has 0 aliphatic rings. The lowest BCUT2D eigenvalue weighted by molar-refractivity contribution is 0.0888. The van der Waals surface area contributed by atoms with Crippen LogP contribution in [0.2, 0.25) is 0 Å². The summed E-state index contributed by atoms with van der Waals surface area (Å²) in [5, 5.41) is 10.1. The molecule has 1 heterocycles. The summed E-state index contributed by atoms with van der Waals surface area (Å²) in [6.07, 6.45) is 1.49. The number of ether oxygens (including phenoxy) is 1. The second-order valence-corrected chi connectivity index (χ2v) is 5.68. The summed E-state index contributed by atoms with van der Waals surface area (Å²) in [7, 11) is 0. The highest BCUT2D eigenvalue weighted by Crippen LogP contribution is 2.11. The van der Waals surface area contributed by atoms with Crippen LogP contribution in [0.4, 0.5) is 4.39 Å². The van der Waals surface area contributed by atoms with Crippen LogP contribution in [-0.4, -0.2) is 31.5 Å². The average Bonchev–Trinajstić information content (AvgIpc) is 2.65. The predicted octanol–water partition coefficient (Wildman–Crippen LogP) is 0.123. The number of nitrogens with zero attached hydrogens (tertiary/aromatic N) is 3. The summed E-state index contributed by atoms with van der Waals surface area (Å²) in [6, 6.07) is 5.17. The smallest absolute Gasteiger partial charge is 0.336 e. The van der Waals surface area contributed by atoms with Gasteiger partial charge in [-0.1, -0.05) is 12.2 Å². The molecule has 27 heavy (non-hydrogen) atoms. The van der Waals surface area contributed by atoms with Crippen molar-refractivity contribution >= 4 is 0 Å². The molecule has 1 atom stereocenters. The summed E-state index contributed by atoms with van der Waals surface area (Å²) in [5.41, 5.74) is -2.49. The number of hydrogen-bond acceptors (Lipinski definition) is 5. The lowest BCUT2D eigenvalue weighted by Crippen LogP contribution is -2.55. The first-order valence-electron chi connectivity index (χ1n) is 8.11. The van der Waals surface area contributed by atoms with Gasteiger partial charge in [-0.2, -0.15) is 0 Å². The van der Waals surface area contributed by atoms with Crippen molar-refractivity contribution in [3.8, 4) is 5.75 Å². The van der Waals surface area contributed by atoms with Gasteiger partial charge in [-0.15, -0.1) is 13.2 Å². The Morgan fingerprint density at radius 2 is 1.44 bits per heavy atom. The van der Waals surface area contributed by atoms with Gasteiger partial charge >= 0.3 is 17.1 Å². The van der Waals surface area contributed by atoms with Crippen LogP contribution < -0.4 is 21.8 Å². The zero-order valence-electron chi connectivity index (χ0n) is 14.6. The number of benzene rings is 1. The van der Waals surface area contributed by atoms with Crippen molar-refractivity contribution in [2.75, 3.05) is 6.61 Å². The van der Waals surface area contributed by atoms with Crippen molar-refractivity contribution in [1.82, 2.24) is 13.7 Å². The van der Waals surface area contributed by atoms with E-state index in [2.05, 4.69) is 13.2 Å². The Morgan fingerprint density at radius 3 is 1.93 bits per heavy atom. The standard InChI is InChI=1S/C18H20FN3O5/c1-3-9-20-16(24)21(10-4-2)18(26)22(17(20)25)11-14(23)12-27-15-7-5-13(19)6-8-15/h3-8,14,23H,1-2,9-12H2. The lowest BCUT2D eigenvalue weighted by atomic mass is 10.3. The second kappa shape index (κ2) is 8.95. The summed E-state index contributed by atoms with van der Waals surface area (Å²) in [4.78, 5) is 37.2. The van der Waals surface area contributed by atoms with E-state index >= 15 is 0 Å². The summed E-state index contributed by atoms with van der Waals surface area (Å²) in [5.74, 6) is -0.106. The summed E-state index contributed by atoms with van der Waals surface area (Å²) >= 11 is 0. The van der Waals surface area contributed by atoms with Crippen molar-refractivity contribution in [3.05, 3.63) is 86.8 Å². The summed E-state index contributed by atoms with van der Waals surface area (Å²) in [6.45, 7) is 6.18. The largest absolute Gasteiger partial charge is 0.491 e. The number of aromatic nitrogens is 3. The molecule has 1 unspecified atom stereocenters. The predicted molar refractivity (Wildman–Crippen MR) is 97.5 cm³/mol. The van der Waals surface area contributed by atoms with Crippen LogP contribution >= 0.6 is 0 Å². The molecule has 0 saturated heterocycles. The van der Waals surface area contributed by atoms with E-state index in [9.17, 15) is 23.9 Å². The first kappa shape index (κ1) is 20.1. The van der Waals surface area contributed by atoms with E-state index in [1.807, 2.05) is 0 Å². The molecule has 0 radical (unpaired) electrons. The molecule has 0 bridgehead atoms. The van der Waals surface area contributed by atoms with Crippen LogP contribution in [0, 0.1) is 5.82 Å². The topological polar surface area (TPSA) is 95.5 Å². The number of allylic oxidation sites excluding steroid dienone is 2. The SMILES string of the molecule is C=CCn1c(=O)n(CC=C)c(=O)n(CC(O)COc2ccc(F)cc2)c1=O. The van der Waals surface area contributed by atoms with Crippen LogP contribution in [0.25, 0.3) is 0 Å². The Morgan fingerprint density at radius 1 is 0.963 bits per heavy atom. The fraction of sp³-hybridized carbons (Fsp3) is 0.278. The van der Waals surface area contributed by atoms with E-state index in [0.717, 1.165) is 13.7 Å². The Hall–Kier alpha value is -3.20. The van der Waals surface area contributed by atoms with Gasteiger partial charge < -0.3 is 9.84 Å².